The van der Waals surface area contributed by atoms with Gasteiger partial charge in [0, 0.05) is 0 Å². The van der Waals surface area contributed by atoms with Crippen LogP contribution >= 0.6 is 0 Å². The molecule has 0 aliphatic heterocycles. The molecule has 0 amide bonds. The first kappa shape index (κ1) is 11.7. The third-order valence-electron chi connectivity index (χ3n) is 2.52. The molecule has 0 aromatic heterocycles. The molecule has 0 atom stereocenters. The summed E-state index contributed by atoms with van der Waals surface area (Å²) in [7, 11) is 0. The Morgan fingerprint density at radius 3 is 2.27 bits per heavy atom. The van der Waals surface area contributed by atoms with Crippen molar-refractivity contribution in [3.8, 4) is 0 Å². The monoisotopic (exact) mass is 204 g/mol. The van der Waals surface area contributed by atoms with Gasteiger partial charge < -0.3 is 0 Å². The van der Waals surface area contributed by atoms with Crippen LogP contribution in [-0.4, -0.2) is 6.67 Å². The van der Waals surface area contributed by atoms with Crippen molar-refractivity contribution in [1.82, 2.24) is 0 Å². The van der Waals surface area contributed by atoms with E-state index in [1.165, 1.54) is 0 Å². The van der Waals surface area contributed by atoms with Crippen molar-refractivity contribution in [2.75, 3.05) is 6.67 Å². The van der Waals surface area contributed by atoms with E-state index in [9.17, 15) is 4.39 Å². The number of halogens is 1. The van der Waals surface area contributed by atoms with Crippen LogP contribution in [0.3, 0.4) is 0 Å². The maximum atomic E-state index is 12.7. The maximum Gasteiger partial charge on any atom is 0.111 e. The fraction of sp³-hybridized carbons (Fsp3) is 0.286. The average Bonchev–Trinajstić information content (AvgIpc) is 2.30. The van der Waals surface area contributed by atoms with Crippen molar-refractivity contribution in [3.63, 3.8) is 0 Å². The summed E-state index contributed by atoms with van der Waals surface area (Å²) in [5.41, 5.74) is 4.03. The highest BCUT2D eigenvalue weighted by Gasteiger charge is 2.06. The standard InChI is InChI=1S/C14H17F/c1-4-11(2)14(12(3)10-15)13-8-6-5-7-9-13/h4-9H,10H2,1-3H3/b11-4-,14-12+. The highest BCUT2D eigenvalue weighted by Crippen LogP contribution is 2.26. The van der Waals surface area contributed by atoms with E-state index in [-0.39, 0.29) is 0 Å². The molecule has 0 bridgehead atoms. The van der Waals surface area contributed by atoms with Gasteiger partial charge in [-0.2, -0.15) is 0 Å². The number of alkyl halides is 1. The lowest BCUT2D eigenvalue weighted by atomic mass is 9.95. The molecular weight excluding hydrogens is 187 g/mol. The molecule has 0 unspecified atom stereocenters. The highest BCUT2D eigenvalue weighted by molar-refractivity contribution is 5.80. The van der Waals surface area contributed by atoms with Gasteiger partial charge in [-0.15, -0.1) is 0 Å². The van der Waals surface area contributed by atoms with Gasteiger partial charge in [-0.1, -0.05) is 36.4 Å². The Balaban J connectivity index is 3.27. The zero-order valence-electron chi connectivity index (χ0n) is 9.55. The minimum absolute atomic E-state index is 0.393. The fourth-order valence-corrected chi connectivity index (χ4v) is 1.63. The van der Waals surface area contributed by atoms with Crippen molar-refractivity contribution in [1.29, 1.82) is 0 Å². The number of benzene rings is 1. The first-order valence-corrected chi connectivity index (χ1v) is 5.15. The molecule has 1 rings (SSSR count). The third kappa shape index (κ3) is 2.79. The molecule has 0 fully saturated rings. The lowest BCUT2D eigenvalue weighted by Gasteiger charge is -2.11. The predicted molar refractivity (Wildman–Crippen MR) is 64.4 cm³/mol. The molecule has 0 aliphatic carbocycles. The smallest absolute Gasteiger partial charge is 0.111 e. The maximum absolute atomic E-state index is 12.7. The molecule has 0 N–H and O–H groups in total. The van der Waals surface area contributed by atoms with Gasteiger partial charge in [-0.3, -0.25) is 0 Å². The van der Waals surface area contributed by atoms with Crippen LogP contribution in [0.15, 0.2) is 47.6 Å². The van der Waals surface area contributed by atoms with Gasteiger partial charge in [0.05, 0.1) is 0 Å². The lowest BCUT2D eigenvalue weighted by Crippen LogP contribution is -1.92. The van der Waals surface area contributed by atoms with Gasteiger partial charge in [0.2, 0.25) is 0 Å². The van der Waals surface area contributed by atoms with Gasteiger partial charge in [-0.05, 0) is 43.1 Å². The minimum Gasteiger partial charge on any atom is -0.246 e. The van der Waals surface area contributed by atoms with Crippen LogP contribution in [0.5, 0.6) is 0 Å². The summed E-state index contributed by atoms with van der Waals surface area (Å²) in [4.78, 5) is 0. The van der Waals surface area contributed by atoms with Crippen LogP contribution in [0.4, 0.5) is 4.39 Å². The van der Waals surface area contributed by atoms with E-state index in [1.54, 1.807) is 0 Å². The molecule has 15 heavy (non-hydrogen) atoms. The topological polar surface area (TPSA) is 0 Å². The van der Waals surface area contributed by atoms with Gasteiger partial charge in [0.15, 0.2) is 0 Å². The number of rotatable bonds is 3. The van der Waals surface area contributed by atoms with E-state index in [1.807, 2.05) is 57.2 Å². The van der Waals surface area contributed by atoms with Gasteiger partial charge in [0.25, 0.3) is 0 Å². The third-order valence-corrected chi connectivity index (χ3v) is 2.52. The summed E-state index contributed by atoms with van der Waals surface area (Å²) in [5.74, 6) is 0. The van der Waals surface area contributed by atoms with Crippen molar-refractivity contribution in [2.45, 2.75) is 20.8 Å². The summed E-state index contributed by atoms with van der Waals surface area (Å²) in [6.45, 7) is 5.44. The van der Waals surface area contributed by atoms with E-state index in [2.05, 4.69) is 0 Å². The van der Waals surface area contributed by atoms with E-state index in [0.717, 1.165) is 22.3 Å². The zero-order valence-corrected chi connectivity index (χ0v) is 9.55. The van der Waals surface area contributed by atoms with Crippen LogP contribution < -0.4 is 0 Å². The first-order chi connectivity index (χ1) is 7.20. The number of allylic oxidation sites excluding steroid dienone is 4. The van der Waals surface area contributed by atoms with Gasteiger partial charge in [-0.25, -0.2) is 4.39 Å². The molecule has 80 valence electrons. The van der Waals surface area contributed by atoms with Crippen LogP contribution in [-0.2, 0) is 0 Å². The van der Waals surface area contributed by atoms with Crippen molar-refractivity contribution < 1.29 is 4.39 Å². The largest absolute Gasteiger partial charge is 0.246 e. The molecule has 0 saturated heterocycles. The quantitative estimate of drug-likeness (QED) is 0.640. The summed E-state index contributed by atoms with van der Waals surface area (Å²) < 4.78 is 12.7. The van der Waals surface area contributed by atoms with Gasteiger partial charge in [0.1, 0.15) is 6.67 Å². The Morgan fingerprint density at radius 2 is 1.80 bits per heavy atom. The second-order valence-electron chi connectivity index (χ2n) is 3.63. The van der Waals surface area contributed by atoms with Crippen molar-refractivity contribution >= 4 is 5.57 Å². The Kier molecular flexibility index (Phi) is 4.29. The molecule has 0 heterocycles. The SMILES string of the molecule is C/C=C(C)\C(=C(\C)CF)c1ccccc1. The van der Waals surface area contributed by atoms with Gasteiger partial charge >= 0.3 is 0 Å². The molecule has 0 spiro atoms. The molecule has 1 aromatic rings. The van der Waals surface area contributed by atoms with E-state index < -0.39 is 6.67 Å². The number of hydrogen-bond donors (Lipinski definition) is 0. The Morgan fingerprint density at radius 1 is 1.20 bits per heavy atom. The fourth-order valence-electron chi connectivity index (χ4n) is 1.63. The molecule has 1 heteroatoms. The molecule has 0 nitrogen and oxygen atoms in total. The normalized spacial score (nSPS) is 13.7. The second-order valence-corrected chi connectivity index (χ2v) is 3.63. The summed E-state index contributed by atoms with van der Waals surface area (Å²) >= 11 is 0. The van der Waals surface area contributed by atoms with E-state index >= 15 is 0 Å². The summed E-state index contributed by atoms with van der Waals surface area (Å²) in [5, 5.41) is 0. The van der Waals surface area contributed by atoms with Crippen LogP contribution in [0, 0.1) is 0 Å². The zero-order chi connectivity index (χ0) is 11.3. The van der Waals surface area contributed by atoms with Crippen molar-refractivity contribution in [2.24, 2.45) is 0 Å². The van der Waals surface area contributed by atoms with E-state index in [0.29, 0.717) is 0 Å². The molecule has 0 aliphatic rings. The highest BCUT2D eigenvalue weighted by atomic mass is 19.1. The number of hydrogen-bond acceptors (Lipinski definition) is 0. The van der Waals surface area contributed by atoms with Crippen molar-refractivity contribution in [3.05, 3.63) is 53.1 Å². The predicted octanol–water partition coefficient (Wildman–Crippen LogP) is 4.40. The van der Waals surface area contributed by atoms with E-state index in [4.69, 9.17) is 0 Å². The lowest BCUT2D eigenvalue weighted by molar-refractivity contribution is 0.544. The average molecular weight is 204 g/mol. The summed E-state index contributed by atoms with van der Waals surface area (Å²) in [6, 6.07) is 9.95. The Labute approximate surface area is 91.1 Å². The minimum atomic E-state index is -0.393. The van der Waals surface area contributed by atoms with Crippen LogP contribution in [0.1, 0.15) is 26.3 Å². The Bertz CT molecular complexity index is 372. The second kappa shape index (κ2) is 5.50. The molecule has 0 radical (unpaired) electrons. The molecular formula is C14H17F. The van der Waals surface area contributed by atoms with Crippen LogP contribution in [0.25, 0.3) is 5.57 Å². The summed E-state index contributed by atoms with van der Waals surface area (Å²) in [6.07, 6.45) is 2.02. The molecule has 0 saturated carbocycles. The first-order valence-electron chi connectivity index (χ1n) is 5.15. The van der Waals surface area contributed by atoms with Crippen LogP contribution in [0.2, 0.25) is 0 Å². The Hall–Kier alpha value is -1.37. The molecule has 1 aromatic carbocycles.